The van der Waals surface area contributed by atoms with Gasteiger partial charge >= 0.3 is 0 Å². The molecule has 1 fully saturated rings. The largest absolute Gasteiger partial charge is 0.318 e. The summed E-state index contributed by atoms with van der Waals surface area (Å²) in [6.45, 7) is 6.70. The van der Waals surface area contributed by atoms with Gasteiger partial charge in [-0.05, 0) is 51.9 Å². The molecule has 4 heteroatoms. The summed E-state index contributed by atoms with van der Waals surface area (Å²) >= 11 is 0. The Balaban J connectivity index is 2.01. The lowest BCUT2D eigenvalue weighted by Gasteiger charge is -2.21. The summed E-state index contributed by atoms with van der Waals surface area (Å²) < 4.78 is 2.06. The normalized spacial score (nSPS) is 15.9. The Morgan fingerprint density at radius 2 is 2.05 bits per heavy atom. The Morgan fingerprint density at radius 3 is 2.77 bits per heavy atom. The SMILES string of the molecule is CC(C)=CCn1c(C(=O)C2CCNCC2)nc2ccccc21. The molecule has 0 saturated carbocycles. The zero-order chi connectivity index (χ0) is 15.5. The summed E-state index contributed by atoms with van der Waals surface area (Å²) in [7, 11) is 0. The molecule has 1 aliphatic heterocycles. The van der Waals surface area contributed by atoms with Gasteiger partial charge in [0.25, 0.3) is 0 Å². The fourth-order valence-corrected chi connectivity index (χ4v) is 2.99. The summed E-state index contributed by atoms with van der Waals surface area (Å²) in [5.41, 5.74) is 3.19. The molecule has 0 amide bonds. The minimum absolute atomic E-state index is 0.100. The van der Waals surface area contributed by atoms with Crippen LogP contribution in [0.1, 0.15) is 37.3 Å². The molecular weight excluding hydrogens is 274 g/mol. The third kappa shape index (κ3) is 2.97. The van der Waals surface area contributed by atoms with Crippen LogP contribution in [0.2, 0.25) is 0 Å². The zero-order valence-corrected chi connectivity index (χ0v) is 13.3. The minimum atomic E-state index is 0.100. The van der Waals surface area contributed by atoms with E-state index in [0.717, 1.165) is 37.0 Å². The van der Waals surface area contributed by atoms with E-state index in [-0.39, 0.29) is 11.7 Å². The molecule has 0 aliphatic carbocycles. The molecule has 0 atom stereocenters. The average molecular weight is 297 g/mol. The van der Waals surface area contributed by atoms with Crippen molar-refractivity contribution in [3.05, 3.63) is 41.7 Å². The van der Waals surface area contributed by atoms with Gasteiger partial charge in [0.2, 0.25) is 5.78 Å². The Bertz CT molecular complexity index is 704. The predicted molar refractivity (Wildman–Crippen MR) is 89.1 cm³/mol. The van der Waals surface area contributed by atoms with Crippen LogP contribution in [0.5, 0.6) is 0 Å². The molecule has 2 heterocycles. The molecule has 1 saturated heterocycles. The first-order valence-electron chi connectivity index (χ1n) is 8.00. The number of carbonyl (C=O) groups excluding carboxylic acids is 1. The molecule has 0 bridgehead atoms. The summed E-state index contributed by atoms with van der Waals surface area (Å²) in [5, 5.41) is 3.31. The molecule has 2 aromatic rings. The summed E-state index contributed by atoms with van der Waals surface area (Å²) in [6, 6.07) is 8.00. The number of hydrogen-bond acceptors (Lipinski definition) is 3. The van der Waals surface area contributed by atoms with E-state index in [9.17, 15) is 4.79 Å². The van der Waals surface area contributed by atoms with Crippen molar-refractivity contribution in [2.75, 3.05) is 13.1 Å². The van der Waals surface area contributed by atoms with Crippen molar-refractivity contribution in [1.82, 2.24) is 14.9 Å². The van der Waals surface area contributed by atoms with Gasteiger partial charge in [0.1, 0.15) is 0 Å². The van der Waals surface area contributed by atoms with Crippen molar-refractivity contribution in [2.45, 2.75) is 33.2 Å². The van der Waals surface area contributed by atoms with Crippen LogP contribution in [0.25, 0.3) is 11.0 Å². The molecule has 1 aliphatic rings. The van der Waals surface area contributed by atoms with Crippen LogP contribution in [0.4, 0.5) is 0 Å². The van der Waals surface area contributed by atoms with Gasteiger partial charge in [-0.2, -0.15) is 0 Å². The first kappa shape index (κ1) is 15.0. The van der Waals surface area contributed by atoms with E-state index in [1.54, 1.807) is 0 Å². The number of carbonyl (C=O) groups is 1. The van der Waals surface area contributed by atoms with Crippen molar-refractivity contribution >= 4 is 16.8 Å². The number of aromatic nitrogens is 2. The molecule has 1 aromatic heterocycles. The van der Waals surface area contributed by atoms with Crippen molar-refractivity contribution in [3.8, 4) is 0 Å². The third-order valence-electron chi connectivity index (χ3n) is 4.27. The van der Waals surface area contributed by atoms with Crippen molar-refractivity contribution in [3.63, 3.8) is 0 Å². The van der Waals surface area contributed by atoms with Crippen LogP contribution >= 0.6 is 0 Å². The molecule has 4 nitrogen and oxygen atoms in total. The Hall–Kier alpha value is -1.94. The molecule has 1 aromatic carbocycles. The molecule has 0 unspecified atom stereocenters. The number of piperidine rings is 1. The van der Waals surface area contributed by atoms with E-state index >= 15 is 0 Å². The number of nitrogens with one attached hydrogen (secondary N) is 1. The fraction of sp³-hybridized carbons (Fsp3) is 0.444. The van der Waals surface area contributed by atoms with Gasteiger partial charge in [-0.3, -0.25) is 4.79 Å². The first-order chi connectivity index (χ1) is 10.7. The smallest absolute Gasteiger partial charge is 0.201 e. The fourth-order valence-electron chi connectivity index (χ4n) is 2.99. The molecule has 0 radical (unpaired) electrons. The van der Waals surface area contributed by atoms with Gasteiger partial charge in [0, 0.05) is 12.5 Å². The summed E-state index contributed by atoms with van der Waals surface area (Å²) in [4.78, 5) is 17.5. The van der Waals surface area contributed by atoms with E-state index in [2.05, 4.69) is 34.8 Å². The number of allylic oxidation sites excluding steroid dienone is 2. The maximum absolute atomic E-state index is 12.9. The molecule has 116 valence electrons. The lowest BCUT2D eigenvalue weighted by atomic mass is 9.93. The number of para-hydroxylation sites is 2. The van der Waals surface area contributed by atoms with Crippen molar-refractivity contribution in [2.24, 2.45) is 5.92 Å². The topological polar surface area (TPSA) is 46.9 Å². The number of nitrogens with zero attached hydrogens (tertiary/aromatic N) is 2. The number of hydrogen-bond donors (Lipinski definition) is 1. The lowest BCUT2D eigenvalue weighted by Crippen LogP contribution is -2.33. The second kappa shape index (κ2) is 6.44. The second-order valence-corrected chi connectivity index (χ2v) is 6.20. The lowest BCUT2D eigenvalue weighted by molar-refractivity contribution is 0.0881. The monoisotopic (exact) mass is 297 g/mol. The maximum atomic E-state index is 12.9. The molecule has 1 N–H and O–H groups in total. The van der Waals surface area contributed by atoms with E-state index < -0.39 is 0 Å². The van der Waals surface area contributed by atoms with E-state index in [1.807, 2.05) is 24.3 Å². The number of benzene rings is 1. The van der Waals surface area contributed by atoms with Crippen molar-refractivity contribution in [1.29, 1.82) is 0 Å². The van der Waals surface area contributed by atoms with Crippen LogP contribution < -0.4 is 5.32 Å². The van der Waals surface area contributed by atoms with Crippen LogP contribution in [-0.4, -0.2) is 28.4 Å². The summed E-state index contributed by atoms with van der Waals surface area (Å²) in [5.74, 6) is 0.911. The number of fused-ring (bicyclic) bond motifs is 1. The first-order valence-corrected chi connectivity index (χ1v) is 8.00. The highest BCUT2D eigenvalue weighted by Crippen LogP contribution is 2.22. The van der Waals surface area contributed by atoms with Gasteiger partial charge in [0.05, 0.1) is 11.0 Å². The van der Waals surface area contributed by atoms with Crippen LogP contribution in [0, 0.1) is 5.92 Å². The second-order valence-electron chi connectivity index (χ2n) is 6.20. The Labute approximate surface area is 131 Å². The van der Waals surface area contributed by atoms with E-state index in [1.165, 1.54) is 5.57 Å². The Morgan fingerprint density at radius 1 is 1.32 bits per heavy atom. The van der Waals surface area contributed by atoms with Gasteiger partial charge in [0.15, 0.2) is 5.82 Å². The van der Waals surface area contributed by atoms with Gasteiger partial charge in [-0.25, -0.2) is 4.98 Å². The average Bonchev–Trinajstić information content (AvgIpc) is 2.91. The van der Waals surface area contributed by atoms with Crippen molar-refractivity contribution < 1.29 is 4.79 Å². The quantitative estimate of drug-likeness (QED) is 0.696. The van der Waals surface area contributed by atoms with Crippen LogP contribution in [0.3, 0.4) is 0 Å². The number of imidazole rings is 1. The maximum Gasteiger partial charge on any atom is 0.201 e. The number of ketones is 1. The third-order valence-corrected chi connectivity index (χ3v) is 4.27. The van der Waals surface area contributed by atoms with Gasteiger partial charge in [-0.1, -0.05) is 23.8 Å². The highest BCUT2D eigenvalue weighted by Gasteiger charge is 2.26. The number of Topliss-reactive ketones (excluding diaryl/α,β-unsaturated/α-hetero) is 1. The number of rotatable bonds is 4. The molecule has 3 rings (SSSR count). The van der Waals surface area contributed by atoms with E-state index in [0.29, 0.717) is 12.4 Å². The minimum Gasteiger partial charge on any atom is -0.318 e. The summed E-state index contributed by atoms with van der Waals surface area (Å²) in [6.07, 6.45) is 3.96. The zero-order valence-electron chi connectivity index (χ0n) is 13.3. The molecule has 0 spiro atoms. The van der Waals surface area contributed by atoms with Crippen LogP contribution in [-0.2, 0) is 6.54 Å². The highest BCUT2D eigenvalue weighted by molar-refractivity contribution is 5.98. The van der Waals surface area contributed by atoms with Gasteiger partial charge in [-0.15, -0.1) is 0 Å². The molecular formula is C18H23N3O. The molecule has 22 heavy (non-hydrogen) atoms. The van der Waals surface area contributed by atoms with E-state index in [4.69, 9.17) is 0 Å². The van der Waals surface area contributed by atoms with Crippen LogP contribution in [0.15, 0.2) is 35.9 Å². The standard InChI is InChI=1S/C18H23N3O/c1-13(2)9-12-21-16-6-4-3-5-15(16)20-18(21)17(22)14-7-10-19-11-8-14/h3-6,9,14,19H,7-8,10-12H2,1-2H3. The van der Waals surface area contributed by atoms with Gasteiger partial charge < -0.3 is 9.88 Å². The predicted octanol–water partition coefficient (Wildman–Crippen LogP) is 3.18. The Kier molecular flexibility index (Phi) is 4.39. The highest BCUT2D eigenvalue weighted by atomic mass is 16.1.